The first-order chi connectivity index (χ1) is 13.1. The zero-order valence-corrected chi connectivity index (χ0v) is 14.5. The van der Waals surface area contributed by atoms with Crippen LogP contribution in [0.4, 0.5) is 14.6 Å². The summed E-state index contributed by atoms with van der Waals surface area (Å²) >= 11 is 0. The Hall–Kier alpha value is -3.12. The molecule has 2 N–H and O–H groups in total. The zero-order valence-electron chi connectivity index (χ0n) is 14.5. The Morgan fingerprint density at radius 1 is 1.32 bits per heavy atom. The molecule has 0 saturated carbocycles. The molecule has 28 heavy (non-hydrogen) atoms. The number of ether oxygens (including phenoxy) is 1. The average molecular weight is 398 g/mol. The lowest BCUT2D eigenvalue weighted by atomic mass is 9.95. The van der Waals surface area contributed by atoms with Gasteiger partial charge in [-0.2, -0.15) is 8.78 Å². The van der Waals surface area contributed by atoms with Crippen LogP contribution in [0.2, 0.25) is 0 Å². The molecule has 2 aromatic heterocycles. The number of aliphatic carboxylic acids is 1. The Balaban J connectivity index is 1.92. The fraction of sp³-hybridized carbons (Fsp3) is 0.375. The molecular formula is C16H16F2N4O6. The van der Waals surface area contributed by atoms with Gasteiger partial charge in [-0.25, -0.2) is 9.48 Å². The number of pyridine rings is 1. The Bertz CT molecular complexity index is 974. The van der Waals surface area contributed by atoms with Crippen LogP contribution < -0.4 is 10.5 Å². The SMILES string of the molecule is CC1([C@@H](O)C(=O)O)OCCN(c2ccn(-c3ccc(=O)n(C(F)F)c3)n2)C1=O. The normalized spacial score (nSPS) is 21.2. The summed E-state index contributed by atoms with van der Waals surface area (Å²) < 4.78 is 32.4. The maximum atomic E-state index is 12.9. The zero-order chi connectivity index (χ0) is 20.6. The minimum Gasteiger partial charge on any atom is -0.479 e. The van der Waals surface area contributed by atoms with Crippen molar-refractivity contribution in [3.8, 4) is 5.69 Å². The summed E-state index contributed by atoms with van der Waals surface area (Å²) in [6.45, 7) is -1.86. The van der Waals surface area contributed by atoms with Crippen molar-refractivity contribution in [2.45, 2.75) is 25.2 Å². The number of hydrogen-bond donors (Lipinski definition) is 2. The van der Waals surface area contributed by atoms with E-state index in [0.717, 1.165) is 24.1 Å². The smallest absolute Gasteiger partial charge is 0.336 e. The first kappa shape index (κ1) is 19.6. The Morgan fingerprint density at radius 3 is 2.68 bits per heavy atom. The number of hydrogen-bond acceptors (Lipinski definition) is 6. The lowest BCUT2D eigenvalue weighted by Crippen LogP contribution is -2.63. The minimum absolute atomic E-state index is 0.0459. The molecule has 1 saturated heterocycles. The van der Waals surface area contributed by atoms with Crippen molar-refractivity contribution in [1.29, 1.82) is 0 Å². The molecule has 0 aromatic carbocycles. The van der Waals surface area contributed by atoms with E-state index in [4.69, 9.17) is 9.84 Å². The summed E-state index contributed by atoms with van der Waals surface area (Å²) in [7, 11) is 0. The predicted molar refractivity (Wildman–Crippen MR) is 89.4 cm³/mol. The summed E-state index contributed by atoms with van der Waals surface area (Å²) in [4.78, 5) is 36.4. The van der Waals surface area contributed by atoms with Gasteiger partial charge in [0.05, 0.1) is 18.8 Å². The van der Waals surface area contributed by atoms with Crippen LogP contribution in [0.15, 0.2) is 35.4 Å². The predicted octanol–water partition coefficient (Wildman–Crippen LogP) is -0.00350. The quantitative estimate of drug-likeness (QED) is 0.726. The number of alkyl halides is 2. The second kappa shape index (κ2) is 7.13. The molecule has 0 radical (unpaired) electrons. The molecule has 1 aliphatic heterocycles. The lowest BCUT2D eigenvalue weighted by molar-refractivity contribution is -0.181. The topological polar surface area (TPSA) is 127 Å². The number of aliphatic hydroxyl groups excluding tert-OH is 1. The van der Waals surface area contributed by atoms with Gasteiger partial charge in [0.25, 0.3) is 11.5 Å². The number of carbonyl (C=O) groups excluding carboxylic acids is 1. The van der Waals surface area contributed by atoms with Crippen LogP contribution in [-0.2, 0) is 14.3 Å². The molecule has 2 aromatic rings. The van der Waals surface area contributed by atoms with E-state index in [1.54, 1.807) is 0 Å². The van der Waals surface area contributed by atoms with Crippen molar-refractivity contribution >= 4 is 17.7 Å². The van der Waals surface area contributed by atoms with Crippen LogP contribution in [0.3, 0.4) is 0 Å². The summed E-state index contributed by atoms with van der Waals surface area (Å²) in [5.74, 6) is -2.32. The number of morpholine rings is 1. The molecule has 1 aliphatic rings. The third kappa shape index (κ3) is 3.27. The highest BCUT2D eigenvalue weighted by molar-refractivity contribution is 6.02. The number of anilines is 1. The number of nitrogens with zero attached hydrogens (tertiary/aromatic N) is 4. The third-order valence-electron chi connectivity index (χ3n) is 4.39. The number of aliphatic hydroxyl groups is 1. The lowest BCUT2D eigenvalue weighted by Gasteiger charge is -2.39. The third-order valence-corrected chi connectivity index (χ3v) is 4.39. The molecule has 12 heteroatoms. The van der Waals surface area contributed by atoms with Gasteiger partial charge in [-0.3, -0.25) is 19.1 Å². The summed E-state index contributed by atoms with van der Waals surface area (Å²) in [5, 5.41) is 23.0. The number of aromatic nitrogens is 3. The summed E-state index contributed by atoms with van der Waals surface area (Å²) in [6, 6.07) is 3.66. The number of carbonyl (C=O) groups is 2. The van der Waals surface area contributed by atoms with Gasteiger partial charge in [0.2, 0.25) is 0 Å². The number of carboxylic acid groups (broad SMARTS) is 1. The molecule has 3 rings (SSSR count). The van der Waals surface area contributed by atoms with E-state index in [1.165, 1.54) is 23.0 Å². The standard InChI is InChI=1S/C16H16F2N4O6/c1-16(12(24)13(25)26)14(27)20(6-7-28-16)10-4-5-22(19-10)9-2-3-11(23)21(8-9)15(17)18/h2-5,8,12,15,24H,6-7H2,1H3,(H,25,26)/t12-,16?/m0/s1. The number of carboxylic acids is 1. The number of amides is 1. The van der Waals surface area contributed by atoms with E-state index < -0.39 is 35.7 Å². The van der Waals surface area contributed by atoms with Gasteiger partial charge in [-0.05, 0) is 13.0 Å². The Kier molecular flexibility index (Phi) is 5.00. The van der Waals surface area contributed by atoms with Crippen molar-refractivity contribution in [3.05, 3.63) is 40.9 Å². The number of halogens is 2. The fourth-order valence-electron chi connectivity index (χ4n) is 2.81. The van der Waals surface area contributed by atoms with Crippen LogP contribution in [0.5, 0.6) is 0 Å². The molecular weight excluding hydrogens is 382 g/mol. The molecule has 2 atom stereocenters. The maximum absolute atomic E-state index is 12.9. The van der Waals surface area contributed by atoms with Crippen molar-refractivity contribution in [3.63, 3.8) is 0 Å². The van der Waals surface area contributed by atoms with Crippen molar-refractivity contribution in [2.24, 2.45) is 0 Å². The Labute approximate surface area is 156 Å². The maximum Gasteiger partial charge on any atom is 0.336 e. The largest absolute Gasteiger partial charge is 0.479 e. The van der Waals surface area contributed by atoms with E-state index in [-0.39, 0.29) is 29.2 Å². The van der Waals surface area contributed by atoms with Crippen LogP contribution in [-0.4, -0.2) is 61.3 Å². The number of rotatable bonds is 5. The fourth-order valence-corrected chi connectivity index (χ4v) is 2.81. The van der Waals surface area contributed by atoms with Gasteiger partial charge in [0, 0.05) is 24.5 Å². The molecule has 10 nitrogen and oxygen atoms in total. The molecule has 0 bridgehead atoms. The van der Waals surface area contributed by atoms with Crippen LogP contribution in [0.25, 0.3) is 5.69 Å². The first-order valence-electron chi connectivity index (χ1n) is 8.08. The monoisotopic (exact) mass is 398 g/mol. The Morgan fingerprint density at radius 2 is 2.04 bits per heavy atom. The first-order valence-corrected chi connectivity index (χ1v) is 8.08. The second-order valence-corrected chi connectivity index (χ2v) is 6.18. The highest BCUT2D eigenvalue weighted by atomic mass is 19.3. The average Bonchev–Trinajstić information content (AvgIpc) is 3.13. The van der Waals surface area contributed by atoms with Crippen LogP contribution in [0.1, 0.15) is 13.5 Å². The second-order valence-electron chi connectivity index (χ2n) is 6.18. The molecule has 0 aliphatic carbocycles. The van der Waals surface area contributed by atoms with Crippen molar-refractivity contribution in [2.75, 3.05) is 18.1 Å². The van der Waals surface area contributed by atoms with Crippen LogP contribution >= 0.6 is 0 Å². The van der Waals surface area contributed by atoms with Gasteiger partial charge in [0.15, 0.2) is 17.5 Å². The van der Waals surface area contributed by atoms with E-state index in [9.17, 15) is 28.3 Å². The van der Waals surface area contributed by atoms with E-state index in [1.807, 2.05) is 0 Å². The van der Waals surface area contributed by atoms with Crippen LogP contribution in [0, 0.1) is 0 Å². The highest BCUT2D eigenvalue weighted by Gasteiger charge is 2.51. The molecule has 0 spiro atoms. The molecule has 150 valence electrons. The summed E-state index contributed by atoms with van der Waals surface area (Å²) in [6.07, 6.45) is 0.224. The minimum atomic E-state index is -3.03. The van der Waals surface area contributed by atoms with E-state index >= 15 is 0 Å². The molecule has 1 unspecified atom stereocenters. The van der Waals surface area contributed by atoms with Gasteiger partial charge in [-0.1, -0.05) is 0 Å². The molecule has 1 fully saturated rings. The van der Waals surface area contributed by atoms with Crippen molar-refractivity contribution < 1.29 is 33.3 Å². The van der Waals surface area contributed by atoms with Crippen molar-refractivity contribution in [1.82, 2.24) is 14.3 Å². The highest BCUT2D eigenvalue weighted by Crippen LogP contribution is 2.27. The molecule has 3 heterocycles. The van der Waals surface area contributed by atoms with E-state index in [2.05, 4.69) is 5.10 Å². The summed E-state index contributed by atoms with van der Waals surface area (Å²) in [5.41, 5.74) is -2.73. The van der Waals surface area contributed by atoms with Gasteiger partial charge < -0.3 is 14.9 Å². The van der Waals surface area contributed by atoms with E-state index in [0.29, 0.717) is 0 Å². The molecule has 1 amide bonds. The van der Waals surface area contributed by atoms with Gasteiger partial charge >= 0.3 is 12.5 Å². The van der Waals surface area contributed by atoms with Gasteiger partial charge in [0.1, 0.15) is 0 Å². The van der Waals surface area contributed by atoms with Gasteiger partial charge in [-0.15, -0.1) is 5.10 Å².